The van der Waals surface area contributed by atoms with E-state index in [1.54, 1.807) is 7.11 Å². The van der Waals surface area contributed by atoms with Gasteiger partial charge in [-0.3, -0.25) is 0 Å². The molecule has 12 heavy (non-hydrogen) atoms. The van der Waals surface area contributed by atoms with Crippen molar-refractivity contribution in [2.75, 3.05) is 20.3 Å². The molecule has 1 aromatic carbocycles. The molecular weight excluding hydrogens is 179 g/mol. The Kier molecular flexibility index (Phi) is 8.65. The van der Waals surface area contributed by atoms with Crippen LogP contribution in [0, 0.1) is 0 Å². The summed E-state index contributed by atoms with van der Waals surface area (Å²) in [6.45, 7) is 1.25. The molecule has 62 valence electrons. The molecule has 0 aromatic heterocycles. The number of benzene rings is 1. The summed E-state index contributed by atoms with van der Waals surface area (Å²) in [5.41, 5.74) is 0. The number of rotatable bonds is 4. The van der Waals surface area contributed by atoms with Gasteiger partial charge >= 0.3 is 51.4 Å². The Hall–Kier alpha value is 0.616. The quantitative estimate of drug-likeness (QED) is 0.442. The first kappa shape index (κ1) is 12.6. The molecule has 0 saturated heterocycles. The van der Waals surface area contributed by atoms with Crippen LogP contribution in [0.2, 0.25) is 0 Å². The van der Waals surface area contributed by atoms with E-state index in [-0.39, 0.29) is 52.8 Å². The zero-order valence-corrected chi connectivity index (χ0v) is 10.7. The van der Waals surface area contributed by atoms with Gasteiger partial charge < -0.3 is 10.9 Å². The van der Waals surface area contributed by atoms with Gasteiger partial charge in [-0.25, -0.2) is 0 Å². The topological polar surface area (TPSA) is 18.5 Å². The summed E-state index contributed by atoms with van der Waals surface area (Å²) in [6, 6.07) is 9.71. The Labute approximate surface area is 117 Å². The largest absolute Gasteiger partial charge is 1.00 e. The van der Waals surface area contributed by atoms with Crippen LogP contribution in [0.1, 0.15) is 1.43 Å². The Morgan fingerprint density at radius 1 is 1.17 bits per heavy atom. The van der Waals surface area contributed by atoms with E-state index in [1.165, 1.54) is 0 Å². The van der Waals surface area contributed by atoms with Gasteiger partial charge in [-0.05, 0) is 12.1 Å². The second-order valence-corrected chi connectivity index (χ2v) is 2.15. The maximum Gasteiger partial charge on any atom is 1.00 e. The Morgan fingerprint density at radius 3 is 2.42 bits per heavy atom. The van der Waals surface area contributed by atoms with E-state index >= 15 is 0 Å². The number of hydrogen-bond acceptors (Lipinski definition) is 2. The number of ether oxygens (including phenoxy) is 2. The third-order valence-corrected chi connectivity index (χ3v) is 1.30. The minimum Gasteiger partial charge on any atom is -1.00 e. The van der Waals surface area contributed by atoms with Crippen LogP contribution in [0.4, 0.5) is 0 Å². The monoisotopic (exact) mass is 192 g/mol. The summed E-state index contributed by atoms with van der Waals surface area (Å²) in [5, 5.41) is 0. The van der Waals surface area contributed by atoms with Gasteiger partial charge in [0.25, 0.3) is 0 Å². The summed E-state index contributed by atoms with van der Waals surface area (Å²) >= 11 is 0. The molecule has 0 unspecified atom stereocenters. The molecule has 0 N–H and O–H groups in total. The van der Waals surface area contributed by atoms with Crippen molar-refractivity contribution < 1.29 is 62.3 Å². The first-order valence-electron chi connectivity index (χ1n) is 3.60. The van der Waals surface area contributed by atoms with Gasteiger partial charge in [0.1, 0.15) is 12.4 Å². The summed E-state index contributed by atoms with van der Waals surface area (Å²) in [4.78, 5) is 0. The minimum absolute atomic E-state index is 0. The van der Waals surface area contributed by atoms with Crippen LogP contribution in [0.3, 0.4) is 0 Å². The Morgan fingerprint density at radius 2 is 1.83 bits per heavy atom. The molecule has 0 aliphatic rings. The second-order valence-electron chi connectivity index (χ2n) is 2.15. The average molecular weight is 192 g/mol. The Bertz CT molecular complexity index is 194. The van der Waals surface area contributed by atoms with Crippen molar-refractivity contribution in [3.05, 3.63) is 30.3 Å². The van der Waals surface area contributed by atoms with Crippen molar-refractivity contribution in [3.63, 3.8) is 0 Å². The molecule has 0 aliphatic heterocycles. The maximum atomic E-state index is 5.32. The van der Waals surface area contributed by atoms with Crippen LogP contribution in [0.5, 0.6) is 5.75 Å². The standard InChI is InChI=1S/C9H12O2.K.H/c1-10-7-8-11-9-5-3-2-4-6-9;;/h2-6H,7-8H2,1H3;;/q;+1;-1. The molecule has 0 saturated carbocycles. The van der Waals surface area contributed by atoms with E-state index in [2.05, 4.69) is 0 Å². The normalized spacial score (nSPS) is 8.75. The molecule has 0 amide bonds. The molecule has 0 radical (unpaired) electrons. The fourth-order valence-corrected chi connectivity index (χ4v) is 0.760. The molecule has 0 heterocycles. The van der Waals surface area contributed by atoms with Crippen molar-refractivity contribution in [1.29, 1.82) is 0 Å². The van der Waals surface area contributed by atoms with E-state index in [9.17, 15) is 0 Å². The van der Waals surface area contributed by atoms with E-state index in [0.29, 0.717) is 13.2 Å². The van der Waals surface area contributed by atoms with Gasteiger partial charge in [0.05, 0.1) is 6.61 Å². The van der Waals surface area contributed by atoms with Gasteiger partial charge in [0.15, 0.2) is 0 Å². The van der Waals surface area contributed by atoms with Crippen LogP contribution < -0.4 is 56.1 Å². The van der Waals surface area contributed by atoms with Crippen LogP contribution in [-0.4, -0.2) is 20.3 Å². The maximum absolute atomic E-state index is 5.32. The van der Waals surface area contributed by atoms with E-state index in [0.717, 1.165) is 5.75 Å². The molecule has 0 fully saturated rings. The van der Waals surface area contributed by atoms with Gasteiger partial charge in [-0.15, -0.1) is 0 Å². The molecule has 0 aliphatic carbocycles. The fraction of sp³-hybridized carbons (Fsp3) is 0.333. The summed E-state index contributed by atoms with van der Waals surface area (Å²) in [5.74, 6) is 0.893. The first-order chi connectivity index (χ1) is 5.43. The summed E-state index contributed by atoms with van der Waals surface area (Å²) in [7, 11) is 1.66. The molecule has 2 nitrogen and oxygen atoms in total. The fourth-order valence-electron chi connectivity index (χ4n) is 0.760. The van der Waals surface area contributed by atoms with E-state index in [1.807, 2.05) is 30.3 Å². The Balaban J connectivity index is 0. The molecule has 3 heteroatoms. The first-order valence-corrected chi connectivity index (χ1v) is 3.60. The van der Waals surface area contributed by atoms with Crippen molar-refractivity contribution >= 4 is 0 Å². The van der Waals surface area contributed by atoms with Crippen molar-refractivity contribution in [2.45, 2.75) is 0 Å². The van der Waals surface area contributed by atoms with Gasteiger partial charge in [-0.2, -0.15) is 0 Å². The molecule has 0 bridgehead atoms. The summed E-state index contributed by atoms with van der Waals surface area (Å²) < 4.78 is 10.2. The van der Waals surface area contributed by atoms with Gasteiger partial charge in [-0.1, -0.05) is 18.2 Å². The van der Waals surface area contributed by atoms with Crippen molar-refractivity contribution in [2.24, 2.45) is 0 Å². The van der Waals surface area contributed by atoms with E-state index in [4.69, 9.17) is 9.47 Å². The van der Waals surface area contributed by atoms with Gasteiger partial charge in [0.2, 0.25) is 0 Å². The van der Waals surface area contributed by atoms with Crippen LogP contribution >= 0.6 is 0 Å². The van der Waals surface area contributed by atoms with E-state index < -0.39 is 0 Å². The summed E-state index contributed by atoms with van der Waals surface area (Å²) in [6.07, 6.45) is 0. The third-order valence-electron chi connectivity index (χ3n) is 1.30. The number of methoxy groups -OCH3 is 1. The van der Waals surface area contributed by atoms with Crippen molar-refractivity contribution in [3.8, 4) is 5.75 Å². The minimum atomic E-state index is 0. The predicted molar refractivity (Wildman–Crippen MR) is 44.9 cm³/mol. The third kappa shape index (κ3) is 5.30. The van der Waals surface area contributed by atoms with Crippen LogP contribution in [0.15, 0.2) is 30.3 Å². The smallest absolute Gasteiger partial charge is 1.00 e. The zero-order chi connectivity index (χ0) is 7.94. The van der Waals surface area contributed by atoms with Gasteiger partial charge in [0, 0.05) is 7.11 Å². The number of para-hydroxylation sites is 1. The second kappa shape index (κ2) is 8.23. The molecule has 0 spiro atoms. The SMILES string of the molecule is COCCOc1ccccc1.[H-].[K+]. The zero-order valence-electron chi connectivity index (χ0n) is 8.62. The molecule has 0 atom stereocenters. The predicted octanol–water partition coefficient (Wildman–Crippen LogP) is -1.17. The van der Waals surface area contributed by atoms with Crippen LogP contribution in [-0.2, 0) is 4.74 Å². The molecular formula is C9H13KO2. The molecule has 1 rings (SSSR count). The molecule has 1 aromatic rings. The van der Waals surface area contributed by atoms with Crippen LogP contribution in [0.25, 0.3) is 0 Å². The average Bonchev–Trinajstić information content (AvgIpc) is 2.07. The number of hydrogen-bond donors (Lipinski definition) is 0. The van der Waals surface area contributed by atoms with Crippen molar-refractivity contribution in [1.82, 2.24) is 0 Å².